The molecule has 106 valence electrons. The fraction of sp³-hybridized carbons (Fsp3) is 0.625. The van der Waals surface area contributed by atoms with Crippen LogP contribution in [0.3, 0.4) is 0 Å². The van der Waals surface area contributed by atoms with E-state index < -0.39 is 0 Å². The lowest BCUT2D eigenvalue weighted by Crippen LogP contribution is -2.32. The van der Waals surface area contributed by atoms with E-state index in [1.165, 1.54) is 24.0 Å². The first kappa shape index (κ1) is 14.5. The normalized spacial score (nSPS) is 16.8. The van der Waals surface area contributed by atoms with Crippen LogP contribution in [-0.4, -0.2) is 37.7 Å². The lowest BCUT2D eigenvalue weighted by molar-refractivity contribution is 0.112. The van der Waals surface area contributed by atoms with Gasteiger partial charge in [-0.1, -0.05) is 24.3 Å². The molecular weight excluding hydrogens is 236 g/mol. The van der Waals surface area contributed by atoms with E-state index in [9.17, 15) is 0 Å². The summed E-state index contributed by atoms with van der Waals surface area (Å²) >= 11 is 0. The Morgan fingerprint density at radius 1 is 1.37 bits per heavy atom. The summed E-state index contributed by atoms with van der Waals surface area (Å²) in [6, 6.07) is 10.1. The van der Waals surface area contributed by atoms with Gasteiger partial charge in [0.1, 0.15) is 0 Å². The molecule has 2 rings (SSSR count). The zero-order valence-corrected chi connectivity index (χ0v) is 12.4. The number of likely N-dealkylation sites (N-methyl/N-ethyl adjacent to an activating group) is 1. The minimum absolute atomic E-state index is 0.443. The molecule has 1 aliphatic carbocycles. The Labute approximate surface area is 116 Å². The van der Waals surface area contributed by atoms with E-state index in [0.717, 1.165) is 25.7 Å². The minimum atomic E-state index is 0.443. The Bertz CT molecular complexity index is 390. The third kappa shape index (κ3) is 4.94. The van der Waals surface area contributed by atoms with E-state index in [0.29, 0.717) is 6.04 Å². The molecule has 1 saturated carbocycles. The van der Waals surface area contributed by atoms with Gasteiger partial charge in [0.05, 0.1) is 6.61 Å². The van der Waals surface area contributed by atoms with Gasteiger partial charge in [0.2, 0.25) is 0 Å². The van der Waals surface area contributed by atoms with Crippen LogP contribution in [0.4, 0.5) is 0 Å². The molecule has 0 radical (unpaired) electrons. The smallest absolute Gasteiger partial charge is 0.0615 e. The highest BCUT2D eigenvalue weighted by Crippen LogP contribution is 2.19. The van der Waals surface area contributed by atoms with E-state index in [2.05, 4.69) is 48.5 Å². The van der Waals surface area contributed by atoms with Crippen molar-refractivity contribution in [1.82, 2.24) is 10.2 Å². The van der Waals surface area contributed by atoms with Crippen molar-refractivity contribution in [3.05, 3.63) is 35.4 Å². The molecular formula is C16H26N2O. The number of nitrogens with one attached hydrogen (secondary N) is 1. The summed E-state index contributed by atoms with van der Waals surface area (Å²) in [5.74, 6) is 0. The molecule has 1 fully saturated rings. The van der Waals surface area contributed by atoms with Gasteiger partial charge in [0.25, 0.3) is 0 Å². The maximum absolute atomic E-state index is 5.21. The SMILES string of the molecule is COCC(C)N(C)Cc1cccc(CNC2CC2)c1. The summed E-state index contributed by atoms with van der Waals surface area (Å²) in [5.41, 5.74) is 2.76. The van der Waals surface area contributed by atoms with Gasteiger partial charge in [-0.05, 0) is 37.9 Å². The van der Waals surface area contributed by atoms with Crippen molar-refractivity contribution < 1.29 is 4.74 Å². The highest BCUT2D eigenvalue weighted by molar-refractivity contribution is 5.23. The van der Waals surface area contributed by atoms with Gasteiger partial charge in [-0.3, -0.25) is 4.90 Å². The first-order valence-corrected chi connectivity index (χ1v) is 7.19. The summed E-state index contributed by atoms with van der Waals surface area (Å²) in [5, 5.41) is 3.56. The molecule has 0 aliphatic heterocycles. The number of hydrogen-bond donors (Lipinski definition) is 1. The van der Waals surface area contributed by atoms with Gasteiger partial charge < -0.3 is 10.1 Å². The molecule has 19 heavy (non-hydrogen) atoms. The number of methoxy groups -OCH3 is 1. The number of nitrogens with zero attached hydrogens (tertiary/aromatic N) is 1. The van der Waals surface area contributed by atoms with Crippen molar-refractivity contribution in [1.29, 1.82) is 0 Å². The molecule has 3 heteroatoms. The summed E-state index contributed by atoms with van der Waals surface area (Å²) in [6.07, 6.45) is 2.69. The summed E-state index contributed by atoms with van der Waals surface area (Å²) in [6.45, 7) is 4.94. The molecule has 1 N–H and O–H groups in total. The number of hydrogen-bond acceptors (Lipinski definition) is 3. The van der Waals surface area contributed by atoms with E-state index in [4.69, 9.17) is 4.74 Å². The Morgan fingerprint density at radius 3 is 2.79 bits per heavy atom. The predicted molar refractivity (Wildman–Crippen MR) is 79.1 cm³/mol. The molecule has 1 unspecified atom stereocenters. The first-order valence-electron chi connectivity index (χ1n) is 7.19. The zero-order chi connectivity index (χ0) is 13.7. The van der Waals surface area contributed by atoms with Crippen LogP contribution in [0.2, 0.25) is 0 Å². The third-order valence-corrected chi connectivity index (χ3v) is 3.76. The lowest BCUT2D eigenvalue weighted by Gasteiger charge is -2.24. The molecule has 1 aromatic rings. The Kier molecular flexibility index (Phi) is 5.37. The second-order valence-electron chi connectivity index (χ2n) is 5.69. The standard InChI is InChI=1S/C16H26N2O/c1-13(12-19-3)18(2)11-15-6-4-5-14(9-15)10-17-16-7-8-16/h4-6,9,13,16-17H,7-8,10-12H2,1-3H3. The van der Waals surface area contributed by atoms with Crippen LogP contribution in [0.5, 0.6) is 0 Å². The van der Waals surface area contributed by atoms with Crippen LogP contribution in [-0.2, 0) is 17.8 Å². The second kappa shape index (κ2) is 7.04. The van der Waals surface area contributed by atoms with Crippen molar-refractivity contribution in [2.75, 3.05) is 20.8 Å². The van der Waals surface area contributed by atoms with Crippen molar-refractivity contribution in [3.63, 3.8) is 0 Å². The van der Waals surface area contributed by atoms with Crippen LogP contribution in [0, 0.1) is 0 Å². The largest absolute Gasteiger partial charge is 0.383 e. The third-order valence-electron chi connectivity index (χ3n) is 3.76. The minimum Gasteiger partial charge on any atom is -0.383 e. The summed E-state index contributed by atoms with van der Waals surface area (Å²) < 4.78 is 5.21. The van der Waals surface area contributed by atoms with E-state index in [1.807, 2.05) is 0 Å². The summed E-state index contributed by atoms with van der Waals surface area (Å²) in [7, 11) is 3.91. The Hall–Kier alpha value is -0.900. The maximum Gasteiger partial charge on any atom is 0.0615 e. The van der Waals surface area contributed by atoms with E-state index in [1.54, 1.807) is 7.11 Å². The van der Waals surface area contributed by atoms with E-state index in [-0.39, 0.29) is 0 Å². The Morgan fingerprint density at radius 2 is 2.11 bits per heavy atom. The van der Waals surface area contributed by atoms with Crippen LogP contribution < -0.4 is 5.32 Å². The topological polar surface area (TPSA) is 24.5 Å². The first-order chi connectivity index (χ1) is 9.19. The average molecular weight is 262 g/mol. The lowest BCUT2D eigenvalue weighted by atomic mass is 10.1. The molecule has 0 amide bonds. The predicted octanol–water partition coefficient (Wildman–Crippen LogP) is 2.41. The van der Waals surface area contributed by atoms with Gasteiger partial charge >= 0.3 is 0 Å². The quantitative estimate of drug-likeness (QED) is 0.778. The molecule has 1 aliphatic rings. The number of ether oxygens (including phenoxy) is 1. The van der Waals surface area contributed by atoms with Crippen molar-refractivity contribution in [3.8, 4) is 0 Å². The monoisotopic (exact) mass is 262 g/mol. The van der Waals surface area contributed by atoms with Crippen molar-refractivity contribution in [2.24, 2.45) is 0 Å². The van der Waals surface area contributed by atoms with Crippen molar-refractivity contribution in [2.45, 2.75) is 44.9 Å². The van der Waals surface area contributed by atoms with Crippen molar-refractivity contribution >= 4 is 0 Å². The van der Waals surface area contributed by atoms with Gasteiger partial charge in [-0.15, -0.1) is 0 Å². The van der Waals surface area contributed by atoms with Gasteiger partial charge in [0.15, 0.2) is 0 Å². The van der Waals surface area contributed by atoms with E-state index >= 15 is 0 Å². The molecule has 0 bridgehead atoms. The van der Waals surface area contributed by atoms with Gasteiger partial charge in [-0.2, -0.15) is 0 Å². The molecule has 3 nitrogen and oxygen atoms in total. The summed E-state index contributed by atoms with van der Waals surface area (Å²) in [4.78, 5) is 2.33. The van der Waals surface area contributed by atoms with Crippen LogP contribution in [0.1, 0.15) is 30.9 Å². The highest BCUT2D eigenvalue weighted by Gasteiger charge is 2.19. The fourth-order valence-electron chi connectivity index (χ4n) is 2.20. The molecule has 1 aromatic carbocycles. The number of rotatable bonds is 8. The number of benzene rings is 1. The highest BCUT2D eigenvalue weighted by atomic mass is 16.5. The molecule has 0 aromatic heterocycles. The average Bonchev–Trinajstić information content (AvgIpc) is 3.21. The van der Waals surface area contributed by atoms with Crippen LogP contribution in [0.15, 0.2) is 24.3 Å². The zero-order valence-electron chi connectivity index (χ0n) is 12.4. The van der Waals surface area contributed by atoms with Gasteiger partial charge in [0, 0.05) is 32.3 Å². The molecule has 0 saturated heterocycles. The molecule has 0 heterocycles. The van der Waals surface area contributed by atoms with Gasteiger partial charge in [-0.25, -0.2) is 0 Å². The van der Waals surface area contributed by atoms with Crippen LogP contribution >= 0.6 is 0 Å². The van der Waals surface area contributed by atoms with Crippen LogP contribution in [0.25, 0.3) is 0 Å². The Balaban J connectivity index is 1.86. The second-order valence-corrected chi connectivity index (χ2v) is 5.69. The molecule has 1 atom stereocenters. The maximum atomic E-state index is 5.21. The fourth-order valence-corrected chi connectivity index (χ4v) is 2.20. The molecule has 0 spiro atoms.